The van der Waals surface area contributed by atoms with Crippen molar-refractivity contribution in [3.8, 4) is 0 Å². The summed E-state index contributed by atoms with van der Waals surface area (Å²) in [4.78, 5) is 9.45. The fraction of sp³-hybridized carbons (Fsp3) is 0.875. The van der Waals surface area contributed by atoms with E-state index in [1.165, 1.54) is 6.92 Å². The molecule has 0 heterocycles. The van der Waals surface area contributed by atoms with E-state index in [0.717, 1.165) is 0 Å². The van der Waals surface area contributed by atoms with E-state index in [2.05, 4.69) is 0 Å². The van der Waals surface area contributed by atoms with Crippen LogP contribution in [0.3, 0.4) is 0 Å². The number of carboxylic acid groups (broad SMARTS) is 1. The zero-order valence-electron chi connectivity index (χ0n) is 8.50. The number of carbonyl (C=O) groups is 1. The van der Waals surface area contributed by atoms with Crippen LogP contribution in [0.1, 0.15) is 6.92 Å². The first-order chi connectivity index (χ1) is 6.89. The molecule has 0 fully saturated rings. The second-order valence-electron chi connectivity index (χ2n) is 3.15. The van der Waals surface area contributed by atoms with Gasteiger partial charge in [-0.15, -0.1) is 0 Å². The standard InChI is InChI=1S/C5H12O4.C3H6O3/c6-1-5(2-7,3-8)4-9;1-2(4)3(5)6/h6-9H,1-4H2;2,4H,1H3,(H,5,6). The summed E-state index contributed by atoms with van der Waals surface area (Å²) in [5, 5.41) is 49.8. The highest BCUT2D eigenvalue weighted by molar-refractivity contribution is 5.71. The highest BCUT2D eigenvalue weighted by Crippen LogP contribution is 2.11. The van der Waals surface area contributed by atoms with E-state index >= 15 is 0 Å². The quantitative estimate of drug-likeness (QED) is 0.302. The Morgan fingerprint density at radius 2 is 1.27 bits per heavy atom. The van der Waals surface area contributed by atoms with Crippen molar-refractivity contribution in [2.45, 2.75) is 13.0 Å². The lowest BCUT2D eigenvalue weighted by Gasteiger charge is -2.23. The Morgan fingerprint density at radius 3 is 1.27 bits per heavy atom. The molecule has 92 valence electrons. The number of aliphatic hydroxyl groups is 5. The molecule has 7 heteroatoms. The van der Waals surface area contributed by atoms with Crippen LogP contribution < -0.4 is 0 Å². The lowest BCUT2D eigenvalue weighted by Crippen LogP contribution is -2.37. The molecular formula is C8H18O7. The number of hydrogen-bond acceptors (Lipinski definition) is 6. The molecule has 0 aromatic heterocycles. The maximum Gasteiger partial charge on any atom is 0.332 e. The average Bonchev–Trinajstić information content (AvgIpc) is 2.23. The summed E-state index contributed by atoms with van der Waals surface area (Å²) in [6, 6.07) is 0. The van der Waals surface area contributed by atoms with Crippen molar-refractivity contribution in [1.29, 1.82) is 0 Å². The monoisotopic (exact) mass is 226 g/mol. The highest BCUT2D eigenvalue weighted by Gasteiger charge is 2.26. The third-order valence-electron chi connectivity index (χ3n) is 1.70. The summed E-state index contributed by atoms with van der Waals surface area (Å²) in [5.41, 5.74) is -1.11. The van der Waals surface area contributed by atoms with Gasteiger partial charge in [0.25, 0.3) is 0 Å². The molecule has 0 bridgehead atoms. The summed E-state index contributed by atoms with van der Waals surface area (Å²) in [5.74, 6) is -1.19. The first kappa shape index (κ1) is 16.7. The number of hydrogen-bond donors (Lipinski definition) is 6. The molecule has 1 unspecified atom stereocenters. The molecule has 0 aliphatic rings. The molecule has 0 aromatic carbocycles. The Balaban J connectivity index is 0. The molecule has 0 aromatic rings. The molecule has 0 rings (SSSR count). The van der Waals surface area contributed by atoms with Crippen molar-refractivity contribution in [3.63, 3.8) is 0 Å². The number of aliphatic hydroxyl groups excluding tert-OH is 5. The fourth-order valence-corrected chi connectivity index (χ4v) is 0.300. The maximum absolute atomic E-state index is 9.45. The van der Waals surface area contributed by atoms with Gasteiger partial charge in [-0.2, -0.15) is 0 Å². The second kappa shape index (κ2) is 8.57. The van der Waals surface area contributed by atoms with Crippen molar-refractivity contribution < 1.29 is 35.4 Å². The van der Waals surface area contributed by atoms with Crippen LogP contribution in [0.5, 0.6) is 0 Å². The first-order valence-electron chi connectivity index (χ1n) is 4.23. The van der Waals surface area contributed by atoms with Crippen LogP contribution in [0.15, 0.2) is 0 Å². The van der Waals surface area contributed by atoms with Crippen molar-refractivity contribution in [2.24, 2.45) is 5.41 Å². The van der Waals surface area contributed by atoms with Gasteiger partial charge in [0.2, 0.25) is 0 Å². The van der Waals surface area contributed by atoms with E-state index in [-0.39, 0.29) is 0 Å². The summed E-state index contributed by atoms with van der Waals surface area (Å²) < 4.78 is 0. The molecule has 6 N–H and O–H groups in total. The summed E-state index contributed by atoms with van der Waals surface area (Å²) >= 11 is 0. The third-order valence-corrected chi connectivity index (χ3v) is 1.70. The number of aliphatic carboxylic acids is 1. The molecule has 0 spiro atoms. The van der Waals surface area contributed by atoms with E-state index in [1.54, 1.807) is 0 Å². The van der Waals surface area contributed by atoms with Crippen LogP contribution in [0.4, 0.5) is 0 Å². The molecule has 0 amide bonds. The van der Waals surface area contributed by atoms with Gasteiger partial charge in [-0.05, 0) is 6.92 Å². The van der Waals surface area contributed by atoms with Gasteiger partial charge in [-0.25, -0.2) is 4.79 Å². The summed E-state index contributed by atoms with van der Waals surface area (Å²) in [6.45, 7) is -0.428. The SMILES string of the molecule is CC(O)C(=O)O.OCC(CO)(CO)CO. The first-order valence-corrected chi connectivity index (χ1v) is 4.23. The van der Waals surface area contributed by atoms with Crippen LogP contribution in [0.25, 0.3) is 0 Å². The molecule has 0 saturated heterocycles. The zero-order chi connectivity index (χ0) is 12.5. The van der Waals surface area contributed by atoms with E-state index in [9.17, 15) is 4.79 Å². The summed E-state index contributed by atoms with van der Waals surface area (Å²) in [6.07, 6.45) is -1.23. The van der Waals surface area contributed by atoms with Gasteiger partial charge in [-0.1, -0.05) is 0 Å². The highest BCUT2D eigenvalue weighted by atomic mass is 16.4. The molecule has 1 atom stereocenters. The van der Waals surface area contributed by atoms with Gasteiger partial charge in [0.1, 0.15) is 6.10 Å². The Kier molecular flexibility index (Phi) is 9.53. The van der Waals surface area contributed by atoms with Gasteiger partial charge >= 0.3 is 5.97 Å². The van der Waals surface area contributed by atoms with Gasteiger partial charge in [0, 0.05) is 0 Å². The largest absolute Gasteiger partial charge is 0.479 e. The Labute approximate surface area is 87.2 Å². The van der Waals surface area contributed by atoms with Crippen LogP contribution in [-0.2, 0) is 4.79 Å². The molecule has 0 aliphatic carbocycles. The minimum atomic E-state index is -1.23. The fourth-order valence-electron chi connectivity index (χ4n) is 0.300. The number of carboxylic acids is 1. The number of rotatable bonds is 5. The predicted molar refractivity (Wildman–Crippen MR) is 50.1 cm³/mol. The smallest absolute Gasteiger partial charge is 0.332 e. The van der Waals surface area contributed by atoms with Crippen LogP contribution in [0, 0.1) is 5.41 Å². The molecule has 15 heavy (non-hydrogen) atoms. The van der Waals surface area contributed by atoms with Gasteiger partial charge in [-0.3, -0.25) is 0 Å². The van der Waals surface area contributed by atoms with E-state index in [1.807, 2.05) is 0 Å². The van der Waals surface area contributed by atoms with Crippen molar-refractivity contribution in [3.05, 3.63) is 0 Å². The van der Waals surface area contributed by atoms with E-state index in [4.69, 9.17) is 30.6 Å². The lowest BCUT2D eigenvalue weighted by atomic mass is 9.93. The zero-order valence-corrected chi connectivity index (χ0v) is 8.50. The minimum absolute atomic E-state index is 0.406. The summed E-state index contributed by atoms with van der Waals surface area (Å²) in [7, 11) is 0. The molecule has 0 radical (unpaired) electrons. The average molecular weight is 226 g/mol. The third kappa shape index (κ3) is 7.23. The van der Waals surface area contributed by atoms with Gasteiger partial charge < -0.3 is 30.6 Å². The lowest BCUT2D eigenvalue weighted by molar-refractivity contribution is -0.145. The Bertz CT molecular complexity index is 147. The second-order valence-corrected chi connectivity index (χ2v) is 3.15. The van der Waals surface area contributed by atoms with E-state index in [0.29, 0.717) is 0 Å². The van der Waals surface area contributed by atoms with Crippen molar-refractivity contribution in [2.75, 3.05) is 26.4 Å². The van der Waals surface area contributed by atoms with Crippen molar-refractivity contribution >= 4 is 5.97 Å². The topological polar surface area (TPSA) is 138 Å². The van der Waals surface area contributed by atoms with Crippen LogP contribution >= 0.6 is 0 Å². The molecular weight excluding hydrogens is 208 g/mol. The maximum atomic E-state index is 9.45. The minimum Gasteiger partial charge on any atom is -0.479 e. The van der Waals surface area contributed by atoms with Gasteiger partial charge in [0.15, 0.2) is 0 Å². The van der Waals surface area contributed by atoms with Crippen LogP contribution in [0.2, 0.25) is 0 Å². The predicted octanol–water partition coefficient (Wildman–Crippen LogP) is -2.61. The van der Waals surface area contributed by atoms with E-state index < -0.39 is 43.9 Å². The van der Waals surface area contributed by atoms with Crippen molar-refractivity contribution in [1.82, 2.24) is 0 Å². The van der Waals surface area contributed by atoms with Gasteiger partial charge in [0.05, 0.1) is 31.8 Å². The molecule has 7 nitrogen and oxygen atoms in total. The molecule has 0 saturated carbocycles. The van der Waals surface area contributed by atoms with Crippen LogP contribution in [-0.4, -0.2) is 69.1 Å². The Morgan fingerprint density at radius 1 is 1.07 bits per heavy atom. The Hall–Kier alpha value is -0.730. The molecule has 0 aliphatic heterocycles. The normalized spacial score (nSPS) is 12.7.